The minimum atomic E-state index is 0.0302. The zero-order valence-electron chi connectivity index (χ0n) is 9.40. The first kappa shape index (κ1) is 9.51. The highest BCUT2D eigenvalue weighted by molar-refractivity contribution is 5.82. The molecule has 2 heterocycles. The molecule has 2 aromatic rings. The molecule has 0 aliphatic heterocycles. The van der Waals surface area contributed by atoms with Gasteiger partial charge < -0.3 is 4.57 Å². The number of pyridine rings is 1. The molecule has 0 saturated heterocycles. The van der Waals surface area contributed by atoms with Gasteiger partial charge in [-0.05, 0) is 26.7 Å². The molecule has 82 valence electrons. The molecular weight excluding hydrogens is 202 g/mol. The molecule has 0 spiro atoms. The average molecular weight is 215 g/mol. The van der Waals surface area contributed by atoms with E-state index in [0.29, 0.717) is 0 Å². The zero-order chi connectivity index (χ0) is 11.3. The van der Waals surface area contributed by atoms with Crippen LogP contribution in [0, 0.1) is 6.92 Å². The van der Waals surface area contributed by atoms with Crippen molar-refractivity contribution in [1.29, 1.82) is 0 Å². The smallest absolute Gasteiger partial charge is 0.251 e. The van der Waals surface area contributed by atoms with Crippen molar-refractivity contribution in [1.82, 2.24) is 14.8 Å². The molecule has 1 aliphatic rings. The predicted octanol–water partition coefficient (Wildman–Crippen LogP) is 1.61. The molecule has 1 aliphatic carbocycles. The summed E-state index contributed by atoms with van der Waals surface area (Å²) in [6.07, 6.45) is 5.78. The van der Waals surface area contributed by atoms with Crippen molar-refractivity contribution in [3.63, 3.8) is 0 Å². The molecule has 0 atom stereocenters. The van der Waals surface area contributed by atoms with Gasteiger partial charge >= 0.3 is 0 Å². The van der Waals surface area contributed by atoms with Gasteiger partial charge in [0.2, 0.25) is 0 Å². The number of aromatic nitrogens is 3. The van der Waals surface area contributed by atoms with E-state index in [2.05, 4.69) is 17.1 Å². The largest absolute Gasteiger partial charge is 0.309 e. The van der Waals surface area contributed by atoms with Crippen molar-refractivity contribution >= 4 is 10.8 Å². The van der Waals surface area contributed by atoms with Crippen LogP contribution in [0.1, 0.15) is 25.5 Å². The molecule has 0 radical (unpaired) electrons. The van der Waals surface area contributed by atoms with Crippen molar-refractivity contribution in [3.05, 3.63) is 34.5 Å². The van der Waals surface area contributed by atoms with E-state index < -0.39 is 0 Å². The summed E-state index contributed by atoms with van der Waals surface area (Å²) in [5.74, 6) is 0. The van der Waals surface area contributed by atoms with E-state index in [1.54, 1.807) is 12.3 Å². The third kappa shape index (κ3) is 1.26. The van der Waals surface area contributed by atoms with Crippen LogP contribution >= 0.6 is 0 Å². The van der Waals surface area contributed by atoms with Crippen molar-refractivity contribution in [2.45, 2.75) is 32.2 Å². The second-order valence-electron chi connectivity index (χ2n) is 4.78. The lowest BCUT2D eigenvalue weighted by atomic mass is 10.2. The van der Waals surface area contributed by atoms with Gasteiger partial charge in [-0.3, -0.25) is 4.79 Å². The summed E-state index contributed by atoms with van der Waals surface area (Å²) in [6, 6.07) is 1.67. The van der Waals surface area contributed by atoms with Crippen LogP contribution in [-0.2, 0) is 5.54 Å². The summed E-state index contributed by atoms with van der Waals surface area (Å²) in [5, 5.41) is 9.77. The van der Waals surface area contributed by atoms with E-state index in [4.69, 9.17) is 0 Å². The maximum absolute atomic E-state index is 12.0. The number of hydrogen-bond donors (Lipinski definition) is 0. The van der Waals surface area contributed by atoms with Gasteiger partial charge in [-0.1, -0.05) is 0 Å². The van der Waals surface area contributed by atoms with Crippen LogP contribution in [0.25, 0.3) is 10.8 Å². The Morgan fingerprint density at radius 3 is 2.88 bits per heavy atom. The van der Waals surface area contributed by atoms with E-state index in [0.717, 1.165) is 29.3 Å². The second kappa shape index (κ2) is 2.90. The first-order chi connectivity index (χ1) is 7.60. The van der Waals surface area contributed by atoms with E-state index >= 15 is 0 Å². The number of rotatable bonds is 1. The van der Waals surface area contributed by atoms with E-state index in [9.17, 15) is 4.79 Å². The number of hydrogen-bond acceptors (Lipinski definition) is 3. The Bertz CT molecular complexity index is 626. The highest BCUT2D eigenvalue weighted by Crippen LogP contribution is 2.41. The highest BCUT2D eigenvalue weighted by atomic mass is 16.1. The summed E-state index contributed by atoms with van der Waals surface area (Å²) in [4.78, 5) is 12.0. The molecule has 0 unspecified atom stereocenters. The fourth-order valence-electron chi connectivity index (χ4n) is 2.04. The van der Waals surface area contributed by atoms with Crippen LogP contribution in [0.5, 0.6) is 0 Å². The third-order valence-electron chi connectivity index (χ3n) is 3.43. The number of fused-ring (bicyclic) bond motifs is 1. The maximum atomic E-state index is 12.0. The lowest BCUT2D eigenvalue weighted by Crippen LogP contribution is -2.27. The molecule has 0 N–H and O–H groups in total. The molecule has 0 bridgehead atoms. The Balaban J connectivity index is 2.34. The van der Waals surface area contributed by atoms with E-state index in [-0.39, 0.29) is 11.1 Å². The first-order valence-electron chi connectivity index (χ1n) is 5.45. The van der Waals surface area contributed by atoms with Gasteiger partial charge in [0, 0.05) is 28.6 Å². The molecule has 4 heteroatoms. The van der Waals surface area contributed by atoms with E-state index in [1.165, 1.54) is 0 Å². The normalized spacial score (nSPS) is 17.6. The Labute approximate surface area is 92.9 Å². The summed E-state index contributed by atoms with van der Waals surface area (Å²) >= 11 is 0. The molecule has 0 amide bonds. The third-order valence-corrected chi connectivity index (χ3v) is 3.43. The van der Waals surface area contributed by atoms with Crippen molar-refractivity contribution in [2.75, 3.05) is 0 Å². The van der Waals surface area contributed by atoms with Crippen LogP contribution in [0.2, 0.25) is 0 Å². The summed E-state index contributed by atoms with van der Waals surface area (Å²) in [7, 11) is 0. The maximum Gasteiger partial charge on any atom is 0.251 e. The van der Waals surface area contributed by atoms with Crippen LogP contribution in [-0.4, -0.2) is 14.8 Å². The van der Waals surface area contributed by atoms with Gasteiger partial charge in [0.05, 0.1) is 11.9 Å². The monoisotopic (exact) mass is 215 g/mol. The Morgan fingerprint density at radius 2 is 2.19 bits per heavy atom. The molecule has 4 nitrogen and oxygen atoms in total. The molecule has 1 saturated carbocycles. The fourth-order valence-corrected chi connectivity index (χ4v) is 2.04. The minimum Gasteiger partial charge on any atom is -0.309 e. The molecule has 2 aromatic heterocycles. The van der Waals surface area contributed by atoms with Crippen LogP contribution in [0.4, 0.5) is 0 Å². The average Bonchev–Trinajstić information content (AvgIpc) is 2.98. The fraction of sp³-hybridized carbons (Fsp3) is 0.417. The van der Waals surface area contributed by atoms with Gasteiger partial charge in [-0.15, -0.1) is 0 Å². The van der Waals surface area contributed by atoms with Crippen LogP contribution < -0.4 is 5.56 Å². The number of aryl methyl sites for hydroxylation is 1. The van der Waals surface area contributed by atoms with Gasteiger partial charge in [0.25, 0.3) is 5.56 Å². The van der Waals surface area contributed by atoms with Gasteiger partial charge in [0.1, 0.15) is 0 Å². The van der Waals surface area contributed by atoms with Crippen LogP contribution in [0.3, 0.4) is 0 Å². The Kier molecular flexibility index (Phi) is 1.73. The Hall–Kier alpha value is -1.71. The Morgan fingerprint density at radius 1 is 1.44 bits per heavy atom. The van der Waals surface area contributed by atoms with Gasteiger partial charge in [0.15, 0.2) is 0 Å². The zero-order valence-corrected chi connectivity index (χ0v) is 9.40. The molecule has 16 heavy (non-hydrogen) atoms. The lowest BCUT2D eigenvalue weighted by Gasteiger charge is -2.13. The molecule has 1 fully saturated rings. The molecule has 3 rings (SSSR count). The molecular formula is C12H13N3O. The van der Waals surface area contributed by atoms with Crippen LogP contribution in [0.15, 0.2) is 23.3 Å². The first-order valence-corrected chi connectivity index (χ1v) is 5.45. The molecule has 0 aromatic carbocycles. The second-order valence-corrected chi connectivity index (χ2v) is 4.78. The standard InChI is InChI=1S/C12H13N3O/c1-8-10-5-11(16)15(12(2)3-4-12)7-9(10)6-13-14-8/h5-7H,3-4H2,1-2H3. The van der Waals surface area contributed by atoms with Gasteiger partial charge in [-0.2, -0.15) is 10.2 Å². The topological polar surface area (TPSA) is 47.8 Å². The highest BCUT2D eigenvalue weighted by Gasteiger charge is 2.39. The van der Waals surface area contributed by atoms with Crippen molar-refractivity contribution in [2.24, 2.45) is 0 Å². The summed E-state index contributed by atoms with van der Waals surface area (Å²) in [5.41, 5.74) is 0.897. The van der Waals surface area contributed by atoms with Crippen molar-refractivity contribution < 1.29 is 0 Å². The SMILES string of the molecule is Cc1nncc2cn(C3(C)CC3)c(=O)cc12. The van der Waals surface area contributed by atoms with E-state index in [1.807, 2.05) is 17.7 Å². The minimum absolute atomic E-state index is 0.0302. The van der Waals surface area contributed by atoms with Crippen molar-refractivity contribution in [3.8, 4) is 0 Å². The van der Waals surface area contributed by atoms with Gasteiger partial charge in [-0.25, -0.2) is 0 Å². The number of nitrogens with zero attached hydrogens (tertiary/aromatic N) is 3. The summed E-state index contributed by atoms with van der Waals surface area (Å²) in [6.45, 7) is 3.99. The predicted molar refractivity (Wildman–Crippen MR) is 61.4 cm³/mol. The lowest BCUT2D eigenvalue weighted by molar-refractivity contribution is 0.516. The summed E-state index contributed by atoms with van der Waals surface area (Å²) < 4.78 is 1.83. The quantitative estimate of drug-likeness (QED) is 0.726.